The van der Waals surface area contributed by atoms with Crippen LogP contribution in [0.3, 0.4) is 0 Å². The lowest BCUT2D eigenvalue weighted by Crippen LogP contribution is -2.42. The van der Waals surface area contributed by atoms with Crippen LogP contribution in [0, 0.1) is 0 Å². The maximum Gasteiger partial charge on any atom is 0.500 e. The van der Waals surface area contributed by atoms with Crippen LogP contribution in [0.15, 0.2) is 0 Å². The van der Waals surface area contributed by atoms with E-state index >= 15 is 0 Å². The van der Waals surface area contributed by atoms with Crippen molar-refractivity contribution in [2.24, 2.45) is 0 Å². The molecule has 0 aromatic carbocycles. The molecule has 0 aliphatic heterocycles. The summed E-state index contributed by atoms with van der Waals surface area (Å²) in [6, 6.07) is 0.915. The van der Waals surface area contributed by atoms with Crippen LogP contribution in [0.4, 0.5) is 0 Å². The Bertz CT molecular complexity index is 217. The molecular formula is C15H35NO4Si. The molecule has 0 aliphatic carbocycles. The van der Waals surface area contributed by atoms with Crippen molar-refractivity contribution in [2.45, 2.75) is 57.4 Å². The third kappa shape index (κ3) is 11.3. The van der Waals surface area contributed by atoms with Gasteiger partial charge in [0, 0.05) is 41.5 Å². The van der Waals surface area contributed by atoms with E-state index in [0.717, 1.165) is 25.5 Å². The molecule has 0 aromatic rings. The van der Waals surface area contributed by atoms with Gasteiger partial charge in [-0.3, -0.25) is 4.84 Å². The molecule has 0 amide bonds. The molecule has 0 radical (unpaired) electrons. The number of nitrogens with zero attached hydrogens (tertiary/aromatic N) is 1. The minimum Gasteiger partial charge on any atom is -0.377 e. The molecule has 0 rings (SSSR count). The highest BCUT2D eigenvalue weighted by molar-refractivity contribution is 6.60. The zero-order valence-corrected chi connectivity index (χ0v) is 15.7. The Hall–Kier alpha value is 0.0169. The molecule has 0 aromatic heterocycles. The van der Waals surface area contributed by atoms with E-state index in [1.807, 2.05) is 14.1 Å². The Kier molecular flexibility index (Phi) is 13.7. The van der Waals surface area contributed by atoms with E-state index in [1.54, 1.807) is 26.4 Å². The van der Waals surface area contributed by atoms with Gasteiger partial charge < -0.3 is 13.3 Å². The summed E-state index contributed by atoms with van der Waals surface area (Å²) >= 11 is 0. The molecule has 0 heterocycles. The maximum atomic E-state index is 5.41. The summed E-state index contributed by atoms with van der Waals surface area (Å²) in [5, 5.41) is 1.77. The zero-order valence-electron chi connectivity index (χ0n) is 14.7. The van der Waals surface area contributed by atoms with E-state index in [-0.39, 0.29) is 0 Å². The van der Waals surface area contributed by atoms with Gasteiger partial charge in [-0.2, -0.15) is 5.06 Å². The molecule has 0 atom stereocenters. The van der Waals surface area contributed by atoms with E-state index < -0.39 is 8.80 Å². The van der Waals surface area contributed by atoms with Crippen LogP contribution in [0.25, 0.3) is 0 Å². The van der Waals surface area contributed by atoms with Gasteiger partial charge in [0.1, 0.15) is 0 Å². The predicted molar refractivity (Wildman–Crippen MR) is 88.2 cm³/mol. The van der Waals surface area contributed by atoms with Crippen molar-refractivity contribution in [1.82, 2.24) is 5.06 Å². The summed E-state index contributed by atoms with van der Waals surface area (Å²) in [4.78, 5) is 5.37. The predicted octanol–water partition coefficient (Wildman–Crippen LogP) is 3.48. The first-order valence-electron chi connectivity index (χ1n) is 8.06. The fourth-order valence-corrected chi connectivity index (χ4v) is 4.10. The summed E-state index contributed by atoms with van der Waals surface area (Å²) < 4.78 is 16.2. The fraction of sp³-hybridized carbons (Fsp3) is 1.00. The minimum atomic E-state index is -2.33. The standard InChI is InChI=1S/C15H35NO4Si/c1-16(2)20-14-12-10-8-6-7-9-11-13-15-21(17-3,18-4)19-5/h6-15H2,1-5H3. The summed E-state index contributed by atoms with van der Waals surface area (Å²) in [6.45, 7) is 0.838. The Morgan fingerprint density at radius 2 is 1.10 bits per heavy atom. The molecule has 0 saturated heterocycles. The van der Waals surface area contributed by atoms with E-state index in [1.165, 1.54) is 38.5 Å². The lowest BCUT2D eigenvalue weighted by molar-refractivity contribution is -0.120. The van der Waals surface area contributed by atoms with E-state index in [0.29, 0.717) is 0 Å². The largest absolute Gasteiger partial charge is 0.500 e. The summed E-state index contributed by atoms with van der Waals surface area (Å²) in [6.07, 6.45) is 10.0. The first kappa shape index (κ1) is 21.0. The van der Waals surface area contributed by atoms with Crippen LogP contribution in [-0.4, -0.2) is 55.9 Å². The molecule has 0 N–H and O–H groups in total. The molecule has 5 nitrogen and oxygen atoms in total. The quantitative estimate of drug-likeness (QED) is 0.262. The van der Waals surface area contributed by atoms with Crippen LogP contribution in [0.5, 0.6) is 0 Å². The van der Waals surface area contributed by atoms with E-state index in [9.17, 15) is 0 Å². The molecule has 0 bridgehead atoms. The van der Waals surface area contributed by atoms with Crippen LogP contribution in [-0.2, 0) is 18.1 Å². The van der Waals surface area contributed by atoms with Gasteiger partial charge in [0.15, 0.2) is 0 Å². The van der Waals surface area contributed by atoms with Gasteiger partial charge in [0.05, 0.1) is 6.61 Å². The highest BCUT2D eigenvalue weighted by atomic mass is 28.4. The van der Waals surface area contributed by atoms with Crippen LogP contribution < -0.4 is 0 Å². The molecule has 21 heavy (non-hydrogen) atoms. The van der Waals surface area contributed by atoms with E-state index in [4.69, 9.17) is 18.1 Å². The number of hydroxylamine groups is 2. The smallest absolute Gasteiger partial charge is 0.377 e. The molecule has 0 spiro atoms. The fourth-order valence-electron chi connectivity index (χ4n) is 2.31. The van der Waals surface area contributed by atoms with Crippen molar-refractivity contribution in [3.8, 4) is 0 Å². The van der Waals surface area contributed by atoms with Crippen molar-refractivity contribution in [2.75, 3.05) is 42.0 Å². The first-order valence-corrected chi connectivity index (χ1v) is 9.99. The average molecular weight is 322 g/mol. The minimum absolute atomic E-state index is 0.838. The zero-order chi connectivity index (χ0) is 16.0. The molecule has 0 saturated carbocycles. The molecule has 128 valence electrons. The van der Waals surface area contributed by atoms with Crippen molar-refractivity contribution in [3.63, 3.8) is 0 Å². The van der Waals surface area contributed by atoms with Crippen LogP contribution >= 0.6 is 0 Å². The van der Waals surface area contributed by atoms with Crippen molar-refractivity contribution in [1.29, 1.82) is 0 Å². The second-order valence-corrected chi connectivity index (χ2v) is 8.61. The van der Waals surface area contributed by atoms with E-state index in [2.05, 4.69) is 0 Å². The number of unbranched alkanes of at least 4 members (excludes halogenated alkanes) is 7. The number of rotatable bonds is 15. The highest BCUT2D eigenvalue weighted by Gasteiger charge is 2.36. The number of hydrogen-bond acceptors (Lipinski definition) is 5. The Balaban J connectivity index is 3.33. The van der Waals surface area contributed by atoms with Gasteiger partial charge in [-0.25, -0.2) is 0 Å². The molecule has 0 unspecified atom stereocenters. The van der Waals surface area contributed by atoms with Gasteiger partial charge >= 0.3 is 8.80 Å². The second kappa shape index (κ2) is 13.7. The lowest BCUT2D eigenvalue weighted by Gasteiger charge is -2.24. The van der Waals surface area contributed by atoms with Gasteiger partial charge in [-0.05, 0) is 12.8 Å². The van der Waals surface area contributed by atoms with Crippen molar-refractivity contribution in [3.05, 3.63) is 0 Å². The van der Waals surface area contributed by atoms with Gasteiger partial charge in [0.25, 0.3) is 0 Å². The monoisotopic (exact) mass is 321 g/mol. The van der Waals surface area contributed by atoms with Gasteiger partial charge in [0.2, 0.25) is 0 Å². The number of hydrogen-bond donors (Lipinski definition) is 0. The van der Waals surface area contributed by atoms with Crippen LogP contribution in [0.1, 0.15) is 51.4 Å². The van der Waals surface area contributed by atoms with Crippen molar-refractivity contribution >= 4 is 8.80 Å². The molecular weight excluding hydrogens is 286 g/mol. The third-order valence-corrected chi connectivity index (χ3v) is 6.49. The third-order valence-electron chi connectivity index (χ3n) is 3.66. The molecule has 6 heteroatoms. The first-order chi connectivity index (χ1) is 10.1. The van der Waals surface area contributed by atoms with Gasteiger partial charge in [-0.15, -0.1) is 0 Å². The topological polar surface area (TPSA) is 40.2 Å². The van der Waals surface area contributed by atoms with Gasteiger partial charge in [-0.1, -0.05) is 38.5 Å². The Morgan fingerprint density at radius 1 is 0.667 bits per heavy atom. The lowest BCUT2D eigenvalue weighted by atomic mass is 10.1. The van der Waals surface area contributed by atoms with Crippen LogP contribution in [0.2, 0.25) is 6.04 Å². The summed E-state index contributed by atoms with van der Waals surface area (Å²) in [7, 11) is 6.55. The Labute approximate surface area is 132 Å². The van der Waals surface area contributed by atoms with Crippen molar-refractivity contribution < 1.29 is 18.1 Å². The Morgan fingerprint density at radius 3 is 1.52 bits per heavy atom. The second-order valence-electron chi connectivity index (χ2n) is 5.52. The highest BCUT2D eigenvalue weighted by Crippen LogP contribution is 2.18. The average Bonchev–Trinajstić information content (AvgIpc) is 2.49. The maximum absolute atomic E-state index is 5.41. The normalized spacial score (nSPS) is 12.3. The summed E-state index contributed by atoms with van der Waals surface area (Å²) in [5.74, 6) is 0. The molecule has 0 aliphatic rings. The summed E-state index contributed by atoms with van der Waals surface area (Å²) in [5.41, 5.74) is 0. The molecule has 0 fully saturated rings. The SMILES string of the molecule is CO[Si](CCCCCCCCCCON(C)C)(OC)OC.